The number of benzene rings is 2. The fourth-order valence-corrected chi connectivity index (χ4v) is 4.34. The van der Waals surface area contributed by atoms with Gasteiger partial charge in [-0.15, -0.1) is 5.10 Å². The van der Waals surface area contributed by atoms with Gasteiger partial charge in [0.1, 0.15) is 0 Å². The van der Waals surface area contributed by atoms with Crippen molar-refractivity contribution < 1.29 is 17.2 Å². The third-order valence-corrected chi connectivity index (χ3v) is 6.56. The number of hydrogen-bond donors (Lipinski definition) is 1. The molecule has 1 unspecified atom stereocenters. The number of sulfonamides is 1. The third-order valence-electron chi connectivity index (χ3n) is 4.71. The fraction of sp³-hybridized carbons (Fsp3) is 0.316. The molecule has 1 heterocycles. The lowest BCUT2D eigenvalue weighted by Crippen LogP contribution is -2.35. The van der Waals surface area contributed by atoms with E-state index in [1.165, 1.54) is 36.1 Å². The lowest BCUT2D eigenvalue weighted by molar-refractivity contribution is -0.0181. The number of aryl methyl sites for hydroxylation is 1. The molecule has 2 aromatic rings. The van der Waals surface area contributed by atoms with Crippen molar-refractivity contribution in [1.82, 2.24) is 9.73 Å². The minimum Gasteiger partial charge on any atom is -0.348 e. The number of halogens is 4. The Balaban J connectivity index is 2.03. The Hall–Kier alpha value is -1.90. The Labute approximate surface area is 178 Å². The third kappa shape index (κ3) is 4.65. The van der Waals surface area contributed by atoms with E-state index in [-0.39, 0.29) is 32.9 Å². The zero-order valence-corrected chi connectivity index (χ0v) is 18.0. The molecule has 0 spiro atoms. The molecule has 1 fully saturated rings. The number of rotatable bonds is 4. The van der Waals surface area contributed by atoms with Gasteiger partial charge in [-0.1, -0.05) is 53.9 Å². The van der Waals surface area contributed by atoms with Crippen LogP contribution in [0.15, 0.2) is 52.5 Å². The van der Waals surface area contributed by atoms with E-state index in [9.17, 15) is 17.2 Å². The number of nitrogens with one attached hydrogen (secondary N) is 1. The van der Waals surface area contributed by atoms with E-state index in [1.807, 2.05) is 6.92 Å². The Morgan fingerprint density at radius 3 is 2.28 bits per heavy atom. The molecule has 1 N–H and O–H groups in total. The molecule has 0 aliphatic carbocycles. The Morgan fingerprint density at radius 1 is 1.17 bits per heavy atom. The standard InChI is InChI=1S/C19H19Cl2F2N3O2S/c1-12-6-8-14(9-7-12)29(27,28)25-24-18(17-15(20)4-3-5-16(17)21)26-10-13(2)19(22,23)11-26/h3-9,13,25H,10-11H2,1-2H3/b24-18+. The number of hydrogen-bond acceptors (Lipinski definition) is 3. The van der Waals surface area contributed by atoms with E-state index in [0.29, 0.717) is 0 Å². The van der Waals surface area contributed by atoms with Crippen LogP contribution < -0.4 is 4.83 Å². The summed E-state index contributed by atoms with van der Waals surface area (Å²) >= 11 is 12.5. The van der Waals surface area contributed by atoms with Gasteiger partial charge in [-0.25, -0.2) is 8.78 Å². The van der Waals surface area contributed by atoms with Crippen molar-refractivity contribution in [3.63, 3.8) is 0 Å². The molecular formula is C19H19Cl2F2N3O2S. The Kier molecular flexibility index (Phi) is 6.08. The van der Waals surface area contributed by atoms with Crippen molar-refractivity contribution >= 4 is 39.1 Å². The molecule has 0 radical (unpaired) electrons. The summed E-state index contributed by atoms with van der Waals surface area (Å²) in [4.78, 5) is 3.41. The maximum atomic E-state index is 14.1. The van der Waals surface area contributed by atoms with Gasteiger partial charge in [0.25, 0.3) is 15.9 Å². The van der Waals surface area contributed by atoms with Crippen LogP contribution in [0.1, 0.15) is 18.1 Å². The summed E-state index contributed by atoms with van der Waals surface area (Å²) < 4.78 is 53.5. The highest BCUT2D eigenvalue weighted by molar-refractivity contribution is 7.89. The molecule has 5 nitrogen and oxygen atoms in total. The minimum atomic E-state index is -4.02. The molecule has 29 heavy (non-hydrogen) atoms. The second-order valence-corrected chi connectivity index (χ2v) is 9.46. The highest BCUT2D eigenvalue weighted by Crippen LogP contribution is 2.35. The summed E-state index contributed by atoms with van der Waals surface area (Å²) in [7, 11) is -4.02. The summed E-state index contributed by atoms with van der Waals surface area (Å²) in [5, 5.41) is 4.32. The smallest absolute Gasteiger partial charge is 0.276 e. The van der Waals surface area contributed by atoms with Crippen LogP contribution in [-0.2, 0) is 10.0 Å². The molecule has 10 heteroatoms. The van der Waals surface area contributed by atoms with Crippen LogP contribution in [0.4, 0.5) is 8.78 Å². The van der Waals surface area contributed by atoms with Gasteiger partial charge in [-0.2, -0.15) is 13.2 Å². The molecule has 1 atom stereocenters. The van der Waals surface area contributed by atoms with Gasteiger partial charge < -0.3 is 4.90 Å². The predicted octanol–water partition coefficient (Wildman–Crippen LogP) is 4.53. The first kappa shape index (κ1) is 21.8. The highest BCUT2D eigenvalue weighted by atomic mass is 35.5. The molecule has 0 bridgehead atoms. The van der Waals surface area contributed by atoms with E-state index in [0.717, 1.165) is 5.56 Å². The van der Waals surface area contributed by atoms with Crippen molar-refractivity contribution in [2.45, 2.75) is 24.7 Å². The van der Waals surface area contributed by atoms with Gasteiger partial charge in [-0.05, 0) is 31.2 Å². The number of hydrazone groups is 1. The van der Waals surface area contributed by atoms with Crippen LogP contribution in [-0.4, -0.2) is 38.2 Å². The average Bonchev–Trinajstić information content (AvgIpc) is 2.90. The zero-order chi connectivity index (χ0) is 21.4. The molecule has 3 rings (SSSR count). The summed E-state index contributed by atoms with van der Waals surface area (Å²) in [6.07, 6.45) is 0. The summed E-state index contributed by atoms with van der Waals surface area (Å²) in [6.45, 7) is 2.59. The van der Waals surface area contributed by atoms with Gasteiger partial charge in [0.05, 0.1) is 27.0 Å². The molecule has 1 aliphatic heterocycles. The summed E-state index contributed by atoms with van der Waals surface area (Å²) in [6, 6.07) is 10.8. The van der Waals surface area contributed by atoms with Crippen molar-refractivity contribution in [3.8, 4) is 0 Å². The van der Waals surface area contributed by atoms with Crippen LogP contribution >= 0.6 is 23.2 Å². The fourth-order valence-electron chi connectivity index (χ4n) is 2.97. The topological polar surface area (TPSA) is 61.8 Å². The first-order valence-electron chi connectivity index (χ1n) is 8.74. The van der Waals surface area contributed by atoms with Crippen molar-refractivity contribution in [1.29, 1.82) is 0 Å². The van der Waals surface area contributed by atoms with E-state index < -0.39 is 28.4 Å². The van der Waals surface area contributed by atoms with Crippen molar-refractivity contribution in [2.75, 3.05) is 13.1 Å². The van der Waals surface area contributed by atoms with Gasteiger partial charge in [0, 0.05) is 12.5 Å². The average molecular weight is 462 g/mol. The van der Waals surface area contributed by atoms with Crippen LogP contribution in [0, 0.1) is 12.8 Å². The zero-order valence-electron chi connectivity index (χ0n) is 15.7. The molecule has 0 amide bonds. The number of nitrogens with zero attached hydrogens (tertiary/aromatic N) is 2. The first-order chi connectivity index (χ1) is 13.5. The van der Waals surface area contributed by atoms with Gasteiger partial charge in [0.2, 0.25) is 0 Å². The van der Waals surface area contributed by atoms with E-state index >= 15 is 0 Å². The van der Waals surface area contributed by atoms with Crippen LogP contribution in [0.25, 0.3) is 0 Å². The van der Waals surface area contributed by atoms with Crippen LogP contribution in [0.3, 0.4) is 0 Å². The van der Waals surface area contributed by atoms with Gasteiger partial charge in [-0.3, -0.25) is 0 Å². The van der Waals surface area contributed by atoms with Crippen molar-refractivity contribution in [2.24, 2.45) is 11.0 Å². The lowest BCUT2D eigenvalue weighted by atomic mass is 10.1. The van der Waals surface area contributed by atoms with E-state index in [2.05, 4.69) is 9.93 Å². The molecule has 2 aromatic carbocycles. The van der Waals surface area contributed by atoms with Crippen LogP contribution in [0.2, 0.25) is 10.0 Å². The normalized spacial score (nSPS) is 19.4. The maximum Gasteiger partial charge on any atom is 0.276 e. The number of likely N-dealkylation sites (tertiary alicyclic amines) is 1. The lowest BCUT2D eigenvalue weighted by Gasteiger charge is -2.22. The van der Waals surface area contributed by atoms with Crippen molar-refractivity contribution in [3.05, 3.63) is 63.6 Å². The first-order valence-corrected chi connectivity index (χ1v) is 11.0. The monoisotopic (exact) mass is 461 g/mol. The van der Waals surface area contributed by atoms with E-state index in [4.69, 9.17) is 23.2 Å². The molecule has 156 valence electrons. The molecule has 0 aromatic heterocycles. The SMILES string of the molecule is Cc1ccc(S(=O)(=O)N/N=C(\c2c(Cl)cccc2Cl)N2CC(C)C(F)(F)C2)cc1. The Morgan fingerprint density at radius 2 is 1.76 bits per heavy atom. The molecule has 1 aliphatic rings. The molecular weight excluding hydrogens is 443 g/mol. The summed E-state index contributed by atoms with van der Waals surface area (Å²) in [5.41, 5.74) is 1.08. The Bertz CT molecular complexity index is 1020. The van der Waals surface area contributed by atoms with Gasteiger partial charge in [0.15, 0.2) is 5.84 Å². The van der Waals surface area contributed by atoms with Gasteiger partial charge >= 0.3 is 0 Å². The highest BCUT2D eigenvalue weighted by Gasteiger charge is 2.47. The maximum absolute atomic E-state index is 14.1. The summed E-state index contributed by atoms with van der Waals surface area (Å²) in [5.74, 6) is -3.95. The predicted molar refractivity (Wildman–Crippen MR) is 110 cm³/mol. The molecule has 0 saturated carbocycles. The number of alkyl halides is 2. The molecule has 1 saturated heterocycles. The minimum absolute atomic E-state index is 0.00317. The second-order valence-electron chi connectivity index (χ2n) is 6.98. The largest absolute Gasteiger partial charge is 0.348 e. The second kappa shape index (κ2) is 8.08. The number of amidine groups is 1. The van der Waals surface area contributed by atoms with Crippen LogP contribution in [0.5, 0.6) is 0 Å². The quantitative estimate of drug-likeness (QED) is 0.413. The van der Waals surface area contributed by atoms with E-state index in [1.54, 1.807) is 18.2 Å².